The van der Waals surface area contributed by atoms with E-state index in [1.165, 1.54) is 12.1 Å². The molecule has 1 aliphatic carbocycles. The predicted molar refractivity (Wildman–Crippen MR) is 114 cm³/mol. The van der Waals surface area contributed by atoms with E-state index < -0.39 is 28.4 Å². The average molecular weight is 414 g/mol. The Morgan fingerprint density at radius 3 is 1.16 bits per heavy atom. The Balaban J connectivity index is 2.03. The lowest BCUT2D eigenvalue weighted by Crippen LogP contribution is -2.28. The molecular formula is C25H18O6. The van der Waals surface area contributed by atoms with E-state index in [9.17, 15) is 30.6 Å². The molecule has 6 N–H and O–H groups in total. The van der Waals surface area contributed by atoms with Gasteiger partial charge in [0.15, 0.2) is 23.0 Å². The van der Waals surface area contributed by atoms with Gasteiger partial charge in [0.2, 0.25) is 0 Å². The second kappa shape index (κ2) is 6.34. The summed E-state index contributed by atoms with van der Waals surface area (Å²) in [5.74, 6) is -2.50. The van der Waals surface area contributed by atoms with Gasteiger partial charge in [-0.05, 0) is 34.4 Å². The van der Waals surface area contributed by atoms with E-state index in [0.29, 0.717) is 11.1 Å². The van der Waals surface area contributed by atoms with Gasteiger partial charge in [0.1, 0.15) is 11.5 Å². The predicted octanol–water partition coefficient (Wildman–Crippen LogP) is 4.28. The zero-order valence-corrected chi connectivity index (χ0v) is 16.1. The Labute approximate surface area is 177 Å². The van der Waals surface area contributed by atoms with Crippen LogP contribution in [-0.4, -0.2) is 30.6 Å². The largest absolute Gasteiger partial charge is 0.507 e. The van der Waals surface area contributed by atoms with Crippen molar-refractivity contribution in [3.63, 3.8) is 0 Å². The summed E-state index contributed by atoms with van der Waals surface area (Å²) in [5.41, 5.74) is 2.11. The van der Waals surface area contributed by atoms with E-state index in [4.69, 9.17) is 0 Å². The van der Waals surface area contributed by atoms with Gasteiger partial charge in [0.05, 0.1) is 5.41 Å². The number of benzene rings is 4. The molecule has 5 rings (SSSR count). The number of hydrogen-bond acceptors (Lipinski definition) is 6. The van der Waals surface area contributed by atoms with Crippen LogP contribution < -0.4 is 0 Å². The lowest BCUT2D eigenvalue weighted by Gasteiger charge is -2.34. The fourth-order valence-corrected chi connectivity index (χ4v) is 4.69. The minimum Gasteiger partial charge on any atom is -0.507 e. The third-order valence-electron chi connectivity index (χ3n) is 5.95. The molecule has 0 amide bonds. The fraction of sp³-hybridized carbons (Fsp3) is 0.0400. The summed E-state index contributed by atoms with van der Waals surface area (Å²) in [6.45, 7) is 0. The first-order valence-corrected chi connectivity index (χ1v) is 9.56. The van der Waals surface area contributed by atoms with Crippen LogP contribution in [0.1, 0.15) is 22.3 Å². The van der Waals surface area contributed by atoms with Crippen molar-refractivity contribution in [2.45, 2.75) is 5.41 Å². The number of fused-ring (bicyclic) bond motifs is 3. The lowest BCUT2D eigenvalue weighted by molar-refractivity contribution is 0.388. The van der Waals surface area contributed by atoms with E-state index in [0.717, 1.165) is 23.3 Å². The highest BCUT2D eigenvalue weighted by Gasteiger charge is 2.49. The van der Waals surface area contributed by atoms with Crippen molar-refractivity contribution in [3.05, 3.63) is 95.1 Å². The molecule has 0 atom stereocenters. The van der Waals surface area contributed by atoms with Crippen LogP contribution in [0.3, 0.4) is 0 Å². The number of phenolic OH excluding ortho intramolecular Hbond substituents is 6. The average Bonchev–Trinajstić information content (AvgIpc) is 3.05. The zero-order chi connectivity index (χ0) is 21.9. The summed E-state index contributed by atoms with van der Waals surface area (Å²) in [6, 6.07) is 19.4. The van der Waals surface area contributed by atoms with Crippen molar-refractivity contribution in [1.82, 2.24) is 0 Å². The number of hydrogen-bond donors (Lipinski definition) is 6. The Morgan fingerprint density at radius 1 is 0.387 bits per heavy atom. The van der Waals surface area contributed by atoms with Gasteiger partial charge in [0.25, 0.3) is 0 Å². The monoisotopic (exact) mass is 414 g/mol. The summed E-state index contributed by atoms with van der Waals surface area (Å²) in [6.07, 6.45) is 0. The van der Waals surface area contributed by atoms with E-state index >= 15 is 0 Å². The summed E-state index contributed by atoms with van der Waals surface area (Å²) in [5, 5.41) is 62.2. The molecule has 6 heteroatoms. The van der Waals surface area contributed by atoms with Crippen LogP contribution in [0, 0.1) is 0 Å². The smallest absolute Gasteiger partial charge is 0.161 e. The van der Waals surface area contributed by atoms with Gasteiger partial charge in [0, 0.05) is 23.3 Å². The van der Waals surface area contributed by atoms with Crippen molar-refractivity contribution in [2.75, 3.05) is 0 Å². The second-order valence-electron chi connectivity index (χ2n) is 7.56. The maximum Gasteiger partial charge on any atom is 0.161 e. The van der Waals surface area contributed by atoms with E-state index in [2.05, 4.69) is 0 Å². The first kappa shape index (κ1) is 18.7. The molecule has 0 unspecified atom stereocenters. The molecule has 0 spiro atoms. The highest BCUT2D eigenvalue weighted by molar-refractivity contribution is 5.88. The van der Waals surface area contributed by atoms with Gasteiger partial charge in [-0.2, -0.15) is 0 Å². The minimum atomic E-state index is -1.35. The third kappa shape index (κ3) is 2.39. The van der Waals surface area contributed by atoms with Gasteiger partial charge in [-0.25, -0.2) is 0 Å². The van der Waals surface area contributed by atoms with Crippen molar-refractivity contribution in [1.29, 1.82) is 0 Å². The highest BCUT2D eigenvalue weighted by Crippen LogP contribution is 2.60. The van der Waals surface area contributed by atoms with Crippen LogP contribution >= 0.6 is 0 Å². The first-order valence-electron chi connectivity index (χ1n) is 9.56. The molecule has 6 nitrogen and oxygen atoms in total. The van der Waals surface area contributed by atoms with E-state index in [1.807, 2.05) is 48.5 Å². The van der Waals surface area contributed by atoms with Gasteiger partial charge in [-0.3, -0.25) is 0 Å². The second-order valence-corrected chi connectivity index (χ2v) is 7.56. The fourth-order valence-electron chi connectivity index (χ4n) is 4.69. The lowest BCUT2D eigenvalue weighted by atomic mass is 9.67. The van der Waals surface area contributed by atoms with Crippen molar-refractivity contribution in [2.24, 2.45) is 0 Å². The molecule has 1 aliphatic rings. The molecule has 0 radical (unpaired) electrons. The van der Waals surface area contributed by atoms with Gasteiger partial charge >= 0.3 is 0 Å². The molecule has 0 saturated carbocycles. The van der Waals surface area contributed by atoms with Crippen LogP contribution in [0.5, 0.6) is 34.5 Å². The van der Waals surface area contributed by atoms with Crippen molar-refractivity contribution < 1.29 is 30.6 Å². The normalized spacial score (nSPS) is 13.5. The Hall–Kier alpha value is -4.32. The quantitative estimate of drug-likeness (QED) is 0.189. The maximum atomic E-state index is 10.9. The molecule has 0 aromatic heterocycles. The van der Waals surface area contributed by atoms with E-state index in [1.54, 1.807) is 0 Å². The summed E-state index contributed by atoms with van der Waals surface area (Å²) >= 11 is 0. The van der Waals surface area contributed by atoms with Crippen LogP contribution in [-0.2, 0) is 5.41 Å². The standard InChI is InChI=1S/C25H18O6/c26-19-11-23(30)21(28)9-17(19)25(18-10-22(29)24(31)12-20(18)27)15-7-3-1-5-13(15)14-6-2-4-8-16(14)25/h1-12,26-31H. The first-order chi connectivity index (χ1) is 14.9. The van der Waals surface area contributed by atoms with Crippen LogP contribution in [0.25, 0.3) is 11.1 Å². The molecule has 0 fully saturated rings. The molecular weight excluding hydrogens is 396 g/mol. The van der Waals surface area contributed by atoms with Crippen molar-refractivity contribution in [3.8, 4) is 45.6 Å². The van der Waals surface area contributed by atoms with Gasteiger partial charge in [-0.1, -0.05) is 48.5 Å². The number of aromatic hydroxyl groups is 6. The van der Waals surface area contributed by atoms with Crippen LogP contribution in [0.4, 0.5) is 0 Å². The molecule has 154 valence electrons. The van der Waals surface area contributed by atoms with Crippen LogP contribution in [0.2, 0.25) is 0 Å². The highest BCUT2D eigenvalue weighted by atomic mass is 16.3. The number of phenols is 6. The molecule has 0 heterocycles. The SMILES string of the molecule is Oc1cc(O)c(C2(c3cc(O)c(O)cc3O)c3ccccc3-c3ccccc32)cc1O. The summed E-state index contributed by atoms with van der Waals surface area (Å²) in [7, 11) is 0. The van der Waals surface area contributed by atoms with Crippen molar-refractivity contribution >= 4 is 0 Å². The zero-order valence-electron chi connectivity index (χ0n) is 16.1. The van der Waals surface area contributed by atoms with Gasteiger partial charge < -0.3 is 30.6 Å². The molecule has 0 aliphatic heterocycles. The summed E-state index contributed by atoms with van der Waals surface area (Å²) < 4.78 is 0. The van der Waals surface area contributed by atoms with Crippen LogP contribution in [0.15, 0.2) is 72.8 Å². The molecule has 4 aromatic rings. The minimum absolute atomic E-state index is 0.195. The summed E-state index contributed by atoms with van der Waals surface area (Å²) in [4.78, 5) is 0. The molecule has 31 heavy (non-hydrogen) atoms. The Kier molecular flexibility index (Phi) is 3.82. The van der Waals surface area contributed by atoms with Gasteiger partial charge in [-0.15, -0.1) is 0 Å². The molecule has 4 aromatic carbocycles. The maximum absolute atomic E-state index is 10.9. The Bertz CT molecular complexity index is 1250. The molecule has 0 bridgehead atoms. The Morgan fingerprint density at radius 2 is 0.742 bits per heavy atom. The number of rotatable bonds is 2. The topological polar surface area (TPSA) is 121 Å². The molecule has 0 saturated heterocycles. The van der Waals surface area contributed by atoms with E-state index in [-0.39, 0.29) is 22.6 Å². The third-order valence-corrected chi connectivity index (χ3v) is 5.95.